The topological polar surface area (TPSA) is 15.8 Å². The Hall–Kier alpha value is -2.02. The van der Waals surface area contributed by atoms with Gasteiger partial charge in [0, 0.05) is 21.7 Å². The third-order valence-corrected chi connectivity index (χ3v) is 4.55. The molecule has 0 atom stereocenters. The van der Waals surface area contributed by atoms with Gasteiger partial charge in [0.25, 0.3) is 0 Å². The van der Waals surface area contributed by atoms with Gasteiger partial charge >= 0.3 is 0 Å². The van der Waals surface area contributed by atoms with Gasteiger partial charge in [-0.15, -0.1) is 0 Å². The number of hydrogen-bond donors (Lipinski definition) is 1. The van der Waals surface area contributed by atoms with Crippen LogP contribution in [-0.4, -0.2) is 4.98 Å². The van der Waals surface area contributed by atoms with E-state index in [1.807, 2.05) is 0 Å². The predicted molar refractivity (Wildman–Crippen MR) is 96.7 cm³/mol. The molecule has 0 bridgehead atoms. The minimum absolute atomic E-state index is 0.0826. The molecule has 2 aliphatic carbocycles. The van der Waals surface area contributed by atoms with E-state index in [1.165, 1.54) is 33.0 Å². The highest BCUT2D eigenvalue weighted by atomic mass is 14.7. The number of H-pyrrole nitrogens is 1. The lowest BCUT2D eigenvalue weighted by atomic mass is 9.93. The van der Waals surface area contributed by atoms with E-state index in [2.05, 4.69) is 81.3 Å². The van der Waals surface area contributed by atoms with E-state index in [0.717, 1.165) is 12.8 Å². The van der Waals surface area contributed by atoms with E-state index in [-0.39, 0.29) is 5.41 Å². The number of hydrogen-bond acceptors (Lipinski definition) is 0. The Morgan fingerprint density at radius 3 is 2.77 bits per heavy atom. The van der Waals surface area contributed by atoms with Gasteiger partial charge in [-0.25, -0.2) is 0 Å². The largest absolute Gasteiger partial charge is 0.355 e. The second-order valence-corrected chi connectivity index (χ2v) is 6.85. The molecule has 1 aromatic heterocycles. The number of aromatic nitrogens is 1. The molecule has 0 amide bonds. The van der Waals surface area contributed by atoms with E-state index in [0.29, 0.717) is 0 Å². The van der Waals surface area contributed by atoms with Crippen LogP contribution in [0.1, 0.15) is 44.9 Å². The molecule has 1 heterocycles. The van der Waals surface area contributed by atoms with Crippen molar-refractivity contribution in [1.82, 2.24) is 4.98 Å². The molecular weight excluding hydrogens is 266 g/mol. The average molecular weight is 291 g/mol. The molecule has 0 aromatic carbocycles. The van der Waals surface area contributed by atoms with Gasteiger partial charge in [-0.2, -0.15) is 0 Å². The highest BCUT2D eigenvalue weighted by molar-refractivity contribution is 5.76. The molecule has 1 heteroatoms. The highest BCUT2D eigenvalue weighted by Crippen LogP contribution is 2.23. The predicted octanol–water partition coefficient (Wildman–Crippen LogP) is 4.16. The Balaban J connectivity index is 2.16. The molecule has 0 spiro atoms. The summed E-state index contributed by atoms with van der Waals surface area (Å²) in [6, 6.07) is 0. The van der Waals surface area contributed by atoms with Crippen LogP contribution in [0.25, 0.3) is 17.7 Å². The lowest BCUT2D eigenvalue weighted by Crippen LogP contribution is -2.25. The van der Waals surface area contributed by atoms with Crippen molar-refractivity contribution in [2.45, 2.75) is 40.5 Å². The second kappa shape index (κ2) is 5.64. The molecule has 2 aliphatic rings. The van der Waals surface area contributed by atoms with E-state index < -0.39 is 0 Å². The molecule has 1 aromatic rings. The second-order valence-electron chi connectivity index (χ2n) is 6.85. The zero-order chi connectivity index (χ0) is 15.7. The first kappa shape index (κ1) is 14.9. The Morgan fingerprint density at radius 1 is 1.18 bits per heavy atom. The van der Waals surface area contributed by atoms with Gasteiger partial charge in [0.1, 0.15) is 0 Å². The monoisotopic (exact) mass is 291 g/mol. The maximum atomic E-state index is 3.65. The summed E-state index contributed by atoms with van der Waals surface area (Å²) >= 11 is 0. The van der Waals surface area contributed by atoms with Crippen molar-refractivity contribution in [2.24, 2.45) is 5.41 Å². The summed E-state index contributed by atoms with van der Waals surface area (Å²) in [5.74, 6) is 0. The van der Waals surface area contributed by atoms with Crippen molar-refractivity contribution in [3.05, 3.63) is 63.9 Å². The summed E-state index contributed by atoms with van der Waals surface area (Å²) in [6.07, 6.45) is 20.2. The fourth-order valence-corrected chi connectivity index (χ4v) is 3.16. The van der Waals surface area contributed by atoms with Crippen LogP contribution in [0.4, 0.5) is 0 Å². The summed E-state index contributed by atoms with van der Waals surface area (Å²) < 4.78 is 0. The van der Waals surface area contributed by atoms with Crippen LogP contribution >= 0.6 is 0 Å². The van der Waals surface area contributed by atoms with Crippen LogP contribution in [0, 0.1) is 12.3 Å². The van der Waals surface area contributed by atoms with Crippen LogP contribution in [0.2, 0.25) is 0 Å². The zero-order valence-corrected chi connectivity index (χ0v) is 14.0. The van der Waals surface area contributed by atoms with E-state index >= 15 is 0 Å². The zero-order valence-electron chi connectivity index (χ0n) is 14.0. The Morgan fingerprint density at radius 2 is 2.00 bits per heavy atom. The molecule has 114 valence electrons. The third kappa shape index (κ3) is 2.81. The third-order valence-electron chi connectivity index (χ3n) is 4.55. The number of aromatic amines is 1. The number of nitrogens with one attached hydrogen (secondary N) is 1. The molecule has 1 N–H and O–H groups in total. The van der Waals surface area contributed by atoms with E-state index in [1.54, 1.807) is 0 Å². The fraction of sp³-hybridized carbons (Fsp3) is 0.333. The molecule has 3 rings (SSSR count). The first-order valence-electron chi connectivity index (χ1n) is 8.18. The van der Waals surface area contributed by atoms with Gasteiger partial charge in [-0.1, -0.05) is 75.0 Å². The summed E-state index contributed by atoms with van der Waals surface area (Å²) in [4.78, 5) is 3.65. The van der Waals surface area contributed by atoms with Crippen LogP contribution in [0.15, 0.2) is 42.0 Å². The van der Waals surface area contributed by atoms with E-state index in [9.17, 15) is 0 Å². The number of rotatable bonds is 2. The molecule has 0 fully saturated rings. The first-order chi connectivity index (χ1) is 10.5. The van der Waals surface area contributed by atoms with Gasteiger partial charge in [0.2, 0.25) is 0 Å². The summed E-state index contributed by atoms with van der Waals surface area (Å²) in [5, 5.41) is 2.55. The Labute approximate surface area is 133 Å². The standard InChI is InChI=1S/C21H25N/c1-5-16-8-6-9-17(12-11-16)20-15(2)18-10-7-13-21(3,4)14-19(18)22-20/h6-7,9-14,22H,5,8H2,1-4H3. The van der Waals surface area contributed by atoms with E-state index in [4.69, 9.17) is 0 Å². The molecule has 22 heavy (non-hydrogen) atoms. The van der Waals surface area contributed by atoms with Crippen molar-refractivity contribution in [3.63, 3.8) is 0 Å². The summed E-state index contributed by atoms with van der Waals surface area (Å²) in [6.45, 7) is 8.91. The molecular formula is C21H25N. The number of allylic oxidation sites excluding steroid dienone is 8. The van der Waals surface area contributed by atoms with Crippen molar-refractivity contribution in [1.29, 1.82) is 0 Å². The molecule has 0 saturated carbocycles. The smallest absolute Gasteiger partial charge is 0.0494 e. The summed E-state index contributed by atoms with van der Waals surface area (Å²) in [7, 11) is 0. The van der Waals surface area contributed by atoms with Crippen molar-refractivity contribution >= 4 is 17.7 Å². The van der Waals surface area contributed by atoms with Gasteiger partial charge in [-0.3, -0.25) is 0 Å². The molecule has 0 radical (unpaired) electrons. The quantitative estimate of drug-likeness (QED) is 0.842. The first-order valence-corrected chi connectivity index (χ1v) is 8.18. The van der Waals surface area contributed by atoms with Crippen molar-refractivity contribution in [3.8, 4) is 0 Å². The van der Waals surface area contributed by atoms with Crippen LogP contribution in [0.3, 0.4) is 0 Å². The highest BCUT2D eigenvalue weighted by Gasteiger charge is 2.14. The lowest BCUT2D eigenvalue weighted by molar-refractivity contribution is 0.669. The lowest BCUT2D eigenvalue weighted by Gasteiger charge is -2.12. The molecule has 0 aliphatic heterocycles. The number of fused-ring (bicyclic) bond motifs is 1. The fourth-order valence-electron chi connectivity index (χ4n) is 3.16. The molecule has 1 nitrogen and oxygen atoms in total. The minimum atomic E-state index is 0.0826. The molecule has 0 unspecified atom stereocenters. The van der Waals surface area contributed by atoms with Gasteiger partial charge in [0.15, 0.2) is 0 Å². The average Bonchev–Trinajstić information content (AvgIpc) is 2.66. The van der Waals surface area contributed by atoms with Gasteiger partial charge < -0.3 is 4.98 Å². The minimum Gasteiger partial charge on any atom is -0.355 e. The Bertz CT molecular complexity index is 820. The van der Waals surface area contributed by atoms with Gasteiger partial charge in [-0.05, 0) is 30.9 Å². The molecule has 0 saturated heterocycles. The van der Waals surface area contributed by atoms with Crippen LogP contribution < -0.4 is 10.6 Å². The maximum absolute atomic E-state index is 3.65. The van der Waals surface area contributed by atoms with Crippen LogP contribution in [0.5, 0.6) is 0 Å². The SMILES string of the molecule is CCC1=CC=C(c2[nH]c3c(c2C)=CC=CC(C)(C)C=3)C=CC1. The maximum Gasteiger partial charge on any atom is 0.0494 e. The summed E-state index contributed by atoms with van der Waals surface area (Å²) in [5.41, 5.74) is 5.42. The van der Waals surface area contributed by atoms with Crippen molar-refractivity contribution < 1.29 is 0 Å². The normalized spacial score (nSPS) is 19.3. The Kier molecular flexibility index (Phi) is 3.82. The van der Waals surface area contributed by atoms with Gasteiger partial charge in [0.05, 0.1) is 0 Å². The van der Waals surface area contributed by atoms with Crippen molar-refractivity contribution in [2.75, 3.05) is 0 Å². The van der Waals surface area contributed by atoms with Crippen LogP contribution in [-0.2, 0) is 0 Å².